The molecular weight excluding hydrogens is 216 g/mol. The van der Waals surface area contributed by atoms with Gasteiger partial charge in [0.1, 0.15) is 0 Å². The Morgan fingerprint density at radius 1 is 1.53 bits per heavy atom. The second-order valence-corrected chi connectivity index (χ2v) is 5.21. The number of rotatable bonds is 2. The second kappa shape index (κ2) is 5.21. The van der Waals surface area contributed by atoms with Gasteiger partial charge in [0.25, 0.3) is 0 Å². The predicted octanol–water partition coefficient (Wildman–Crippen LogP) is 2.29. The Morgan fingerprint density at radius 2 is 2.29 bits per heavy atom. The van der Waals surface area contributed by atoms with Crippen LogP contribution < -0.4 is 0 Å². The molecule has 0 aliphatic heterocycles. The second-order valence-electron chi connectivity index (χ2n) is 5.21. The zero-order chi connectivity index (χ0) is 12.4. The molecule has 1 fully saturated rings. The van der Waals surface area contributed by atoms with Crippen LogP contribution in [-0.2, 0) is 9.53 Å². The molecule has 0 aromatic heterocycles. The minimum Gasteiger partial charge on any atom is -0.469 e. The molecule has 0 amide bonds. The molecule has 2 aliphatic rings. The van der Waals surface area contributed by atoms with Crippen LogP contribution >= 0.6 is 0 Å². The number of hydrogen-bond acceptors (Lipinski definition) is 3. The van der Waals surface area contributed by atoms with E-state index >= 15 is 0 Å². The number of methoxy groups -OCH3 is 1. The zero-order valence-corrected chi connectivity index (χ0v) is 10.7. The summed E-state index contributed by atoms with van der Waals surface area (Å²) in [7, 11) is 1.41. The summed E-state index contributed by atoms with van der Waals surface area (Å²) in [6, 6.07) is 0. The Bertz CT molecular complexity index is 321. The van der Waals surface area contributed by atoms with Crippen molar-refractivity contribution in [1.29, 1.82) is 0 Å². The minimum atomic E-state index is -0.570. The van der Waals surface area contributed by atoms with Crippen LogP contribution in [0.1, 0.15) is 39.0 Å². The number of aliphatic hydroxyl groups excluding tert-OH is 1. The van der Waals surface area contributed by atoms with E-state index in [1.54, 1.807) is 0 Å². The molecule has 2 aliphatic carbocycles. The summed E-state index contributed by atoms with van der Waals surface area (Å²) >= 11 is 0. The number of esters is 1. The summed E-state index contributed by atoms with van der Waals surface area (Å²) < 4.78 is 4.88. The number of hydrogen-bond donors (Lipinski definition) is 1. The first-order chi connectivity index (χ1) is 8.19. The van der Waals surface area contributed by atoms with Crippen LogP contribution in [-0.4, -0.2) is 24.3 Å². The summed E-state index contributed by atoms with van der Waals surface area (Å²) in [6.07, 6.45) is 6.99. The maximum absolute atomic E-state index is 11.9. The molecule has 2 rings (SSSR count). The number of ether oxygens (including phenoxy) is 1. The van der Waals surface area contributed by atoms with Gasteiger partial charge < -0.3 is 9.84 Å². The fraction of sp³-hybridized carbons (Fsp3) is 0.786. The largest absolute Gasteiger partial charge is 0.469 e. The van der Waals surface area contributed by atoms with Crippen molar-refractivity contribution in [2.75, 3.05) is 7.11 Å². The number of carbonyl (C=O) groups excluding carboxylic acids is 1. The van der Waals surface area contributed by atoms with E-state index in [9.17, 15) is 9.90 Å². The third-order valence-corrected chi connectivity index (χ3v) is 4.32. The first-order valence-corrected chi connectivity index (χ1v) is 6.65. The van der Waals surface area contributed by atoms with E-state index in [4.69, 9.17) is 4.74 Å². The molecule has 1 N–H and O–H groups in total. The van der Waals surface area contributed by atoms with Gasteiger partial charge in [0, 0.05) is 5.92 Å². The van der Waals surface area contributed by atoms with E-state index in [1.165, 1.54) is 19.1 Å². The molecule has 0 spiro atoms. The Hall–Kier alpha value is -0.830. The van der Waals surface area contributed by atoms with Gasteiger partial charge in [-0.1, -0.05) is 25.0 Å². The van der Waals surface area contributed by atoms with Crippen LogP contribution in [0.2, 0.25) is 0 Å². The van der Waals surface area contributed by atoms with Crippen molar-refractivity contribution in [1.82, 2.24) is 0 Å². The van der Waals surface area contributed by atoms with Gasteiger partial charge in [0.05, 0.1) is 19.1 Å². The summed E-state index contributed by atoms with van der Waals surface area (Å²) in [4.78, 5) is 11.9. The van der Waals surface area contributed by atoms with Gasteiger partial charge in [-0.2, -0.15) is 0 Å². The first kappa shape index (κ1) is 12.6. The van der Waals surface area contributed by atoms with Gasteiger partial charge in [-0.25, -0.2) is 0 Å². The average Bonchev–Trinajstić information content (AvgIpc) is 2.37. The fourth-order valence-electron chi connectivity index (χ4n) is 3.36. The van der Waals surface area contributed by atoms with Crippen LogP contribution in [0.25, 0.3) is 0 Å². The molecule has 17 heavy (non-hydrogen) atoms. The van der Waals surface area contributed by atoms with E-state index < -0.39 is 6.10 Å². The predicted molar refractivity (Wildman–Crippen MR) is 65.3 cm³/mol. The molecule has 0 unspecified atom stereocenters. The lowest BCUT2D eigenvalue weighted by Crippen LogP contribution is -2.44. The zero-order valence-electron chi connectivity index (χ0n) is 10.7. The van der Waals surface area contributed by atoms with Gasteiger partial charge >= 0.3 is 5.97 Å². The summed E-state index contributed by atoms with van der Waals surface area (Å²) in [5.41, 5.74) is 1.38. The molecule has 0 bridgehead atoms. The highest BCUT2D eigenvalue weighted by molar-refractivity contribution is 5.74. The minimum absolute atomic E-state index is 0.114. The third-order valence-electron chi connectivity index (χ3n) is 4.32. The SMILES string of the molecule is CC[C@H]1C=C2CCCC[C@@H]2[C@@H](C(=O)OC)[C@H]1O. The lowest BCUT2D eigenvalue weighted by atomic mass is 9.66. The fourth-order valence-corrected chi connectivity index (χ4v) is 3.36. The van der Waals surface area contributed by atoms with E-state index in [0.717, 1.165) is 25.7 Å². The van der Waals surface area contributed by atoms with Crippen LogP contribution in [0.4, 0.5) is 0 Å². The third kappa shape index (κ3) is 2.25. The normalized spacial score (nSPS) is 37.0. The first-order valence-electron chi connectivity index (χ1n) is 6.65. The number of allylic oxidation sites excluding steroid dienone is 1. The van der Waals surface area contributed by atoms with E-state index in [0.29, 0.717) is 0 Å². The number of fused-ring (bicyclic) bond motifs is 1. The Kier molecular flexibility index (Phi) is 3.87. The Morgan fingerprint density at radius 3 is 2.94 bits per heavy atom. The molecule has 0 aromatic carbocycles. The standard InChI is InChI=1S/C14H22O3/c1-3-9-8-10-6-4-5-7-11(10)12(13(9)15)14(16)17-2/h8-9,11-13,15H,3-7H2,1-2H3/t9-,11-,12+,13-/m0/s1. The highest BCUT2D eigenvalue weighted by Gasteiger charge is 2.43. The van der Waals surface area contributed by atoms with Gasteiger partial charge in [0.15, 0.2) is 0 Å². The number of aliphatic hydroxyl groups is 1. The molecule has 0 radical (unpaired) electrons. The summed E-state index contributed by atoms with van der Waals surface area (Å²) in [6.45, 7) is 2.06. The van der Waals surface area contributed by atoms with Gasteiger partial charge in [-0.3, -0.25) is 4.79 Å². The molecule has 0 saturated heterocycles. The van der Waals surface area contributed by atoms with E-state index in [-0.39, 0.29) is 23.7 Å². The molecule has 0 aromatic rings. The molecular formula is C14H22O3. The smallest absolute Gasteiger partial charge is 0.311 e. The molecule has 4 atom stereocenters. The van der Waals surface area contributed by atoms with Gasteiger partial charge in [-0.15, -0.1) is 0 Å². The highest BCUT2D eigenvalue weighted by Crippen LogP contribution is 2.43. The highest BCUT2D eigenvalue weighted by atomic mass is 16.5. The molecule has 3 nitrogen and oxygen atoms in total. The van der Waals surface area contributed by atoms with Gasteiger partial charge in [0.2, 0.25) is 0 Å². The van der Waals surface area contributed by atoms with Crippen molar-refractivity contribution in [2.24, 2.45) is 17.8 Å². The van der Waals surface area contributed by atoms with Crippen LogP contribution in [0.5, 0.6) is 0 Å². The van der Waals surface area contributed by atoms with Crippen LogP contribution in [0, 0.1) is 17.8 Å². The monoisotopic (exact) mass is 238 g/mol. The lowest BCUT2D eigenvalue weighted by molar-refractivity contribution is -0.154. The summed E-state index contributed by atoms with van der Waals surface area (Å²) in [5, 5.41) is 10.3. The van der Waals surface area contributed by atoms with Crippen molar-refractivity contribution < 1.29 is 14.6 Å². The topological polar surface area (TPSA) is 46.5 Å². The van der Waals surface area contributed by atoms with E-state index in [2.05, 4.69) is 13.0 Å². The van der Waals surface area contributed by atoms with Crippen molar-refractivity contribution >= 4 is 5.97 Å². The summed E-state index contributed by atoms with van der Waals surface area (Å²) in [5.74, 6) is -0.254. The molecule has 0 heterocycles. The number of carbonyl (C=O) groups is 1. The maximum atomic E-state index is 11.9. The average molecular weight is 238 g/mol. The molecule has 96 valence electrons. The quantitative estimate of drug-likeness (QED) is 0.593. The maximum Gasteiger partial charge on any atom is 0.311 e. The lowest BCUT2D eigenvalue weighted by Gasteiger charge is -2.40. The molecule has 1 saturated carbocycles. The van der Waals surface area contributed by atoms with Crippen molar-refractivity contribution in [3.8, 4) is 0 Å². The van der Waals surface area contributed by atoms with Crippen molar-refractivity contribution in [3.63, 3.8) is 0 Å². The van der Waals surface area contributed by atoms with Crippen molar-refractivity contribution in [2.45, 2.75) is 45.1 Å². The molecule has 3 heteroatoms. The Labute approximate surface area is 103 Å². The van der Waals surface area contributed by atoms with Crippen LogP contribution in [0.15, 0.2) is 11.6 Å². The Balaban J connectivity index is 2.29. The van der Waals surface area contributed by atoms with E-state index in [1.807, 2.05) is 0 Å². The van der Waals surface area contributed by atoms with Gasteiger partial charge in [-0.05, 0) is 31.6 Å². The van der Waals surface area contributed by atoms with Crippen molar-refractivity contribution in [3.05, 3.63) is 11.6 Å². The van der Waals surface area contributed by atoms with Crippen LogP contribution in [0.3, 0.4) is 0 Å².